The second-order valence-corrected chi connectivity index (χ2v) is 7.81. The minimum atomic E-state index is -3.95. The van der Waals surface area contributed by atoms with Crippen LogP contribution in [0.1, 0.15) is 32.8 Å². The molecule has 0 unspecified atom stereocenters. The molecule has 5 nitrogen and oxygen atoms in total. The number of carbonyl (C=O) groups is 1. The second kappa shape index (κ2) is 6.96. The normalized spacial score (nSPS) is 11.8. The predicted molar refractivity (Wildman–Crippen MR) is 86.1 cm³/mol. The zero-order valence-electron chi connectivity index (χ0n) is 13.5. The number of aryl methyl sites for hydroxylation is 1. The Hall–Kier alpha value is -1.82. The Morgan fingerprint density at radius 3 is 2.27 bits per heavy atom. The Kier molecular flexibility index (Phi) is 5.77. The van der Waals surface area contributed by atoms with E-state index in [9.17, 15) is 13.2 Å². The summed E-state index contributed by atoms with van der Waals surface area (Å²) in [6.45, 7) is 10.5. The summed E-state index contributed by atoms with van der Waals surface area (Å²) in [5, 5.41) is 0. The van der Waals surface area contributed by atoms with Gasteiger partial charge in [-0.1, -0.05) is 23.8 Å². The molecular weight excluding hydrogens is 302 g/mol. The van der Waals surface area contributed by atoms with Crippen molar-refractivity contribution in [1.82, 2.24) is 4.31 Å². The number of sulfonamides is 1. The first-order chi connectivity index (χ1) is 10.1. The summed E-state index contributed by atoms with van der Waals surface area (Å²) in [7, 11) is -3.95. The van der Waals surface area contributed by atoms with Crippen LogP contribution in [0, 0.1) is 6.92 Å². The van der Waals surface area contributed by atoms with Gasteiger partial charge in [0.1, 0.15) is 5.60 Å². The van der Waals surface area contributed by atoms with E-state index in [1.165, 1.54) is 12.1 Å². The largest absolute Gasteiger partial charge is 0.443 e. The Labute approximate surface area is 132 Å². The van der Waals surface area contributed by atoms with Crippen LogP contribution in [0.25, 0.3) is 0 Å². The maximum atomic E-state index is 12.7. The predicted octanol–water partition coefficient (Wildman–Crippen LogP) is 3.50. The van der Waals surface area contributed by atoms with Gasteiger partial charge in [-0.05, 0) is 46.2 Å². The highest BCUT2D eigenvalue weighted by Gasteiger charge is 2.32. The van der Waals surface area contributed by atoms with Crippen molar-refractivity contribution in [2.75, 3.05) is 6.54 Å². The molecule has 22 heavy (non-hydrogen) atoms. The van der Waals surface area contributed by atoms with Crippen molar-refractivity contribution in [2.45, 2.75) is 44.6 Å². The van der Waals surface area contributed by atoms with Gasteiger partial charge in [0.05, 0.1) is 4.90 Å². The fourth-order valence-electron chi connectivity index (χ4n) is 1.67. The van der Waals surface area contributed by atoms with Gasteiger partial charge >= 0.3 is 6.09 Å². The van der Waals surface area contributed by atoms with Gasteiger partial charge in [0, 0.05) is 6.54 Å². The number of rotatable bonds is 5. The van der Waals surface area contributed by atoms with E-state index in [1.807, 2.05) is 6.92 Å². The summed E-state index contributed by atoms with van der Waals surface area (Å²) in [6.07, 6.45) is 1.03. The van der Waals surface area contributed by atoms with E-state index in [2.05, 4.69) is 6.58 Å². The summed E-state index contributed by atoms with van der Waals surface area (Å²) in [5.41, 5.74) is 0.167. The van der Waals surface area contributed by atoms with Crippen molar-refractivity contribution in [2.24, 2.45) is 0 Å². The van der Waals surface area contributed by atoms with Crippen molar-refractivity contribution in [3.8, 4) is 0 Å². The number of hydrogen-bond acceptors (Lipinski definition) is 4. The standard InChI is InChI=1S/C16H23NO4S/c1-6-7-12-17(15(18)21-16(3,4)5)22(19,20)14-10-8-13(2)9-11-14/h6,8-11H,1,7,12H2,2-5H3. The molecule has 0 fully saturated rings. The first kappa shape index (κ1) is 18.2. The lowest BCUT2D eigenvalue weighted by molar-refractivity contribution is 0.0393. The third-order valence-electron chi connectivity index (χ3n) is 2.74. The molecule has 0 aromatic heterocycles. The molecular formula is C16H23NO4S. The minimum Gasteiger partial charge on any atom is -0.443 e. The van der Waals surface area contributed by atoms with Crippen LogP contribution in [-0.4, -0.2) is 31.0 Å². The molecule has 122 valence electrons. The highest BCUT2D eigenvalue weighted by atomic mass is 32.2. The minimum absolute atomic E-state index is 0.00533. The van der Waals surface area contributed by atoms with Crippen molar-refractivity contribution in [3.63, 3.8) is 0 Å². The average molecular weight is 325 g/mol. The van der Waals surface area contributed by atoms with Crippen molar-refractivity contribution < 1.29 is 17.9 Å². The quantitative estimate of drug-likeness (QED) is 0.777. The van der Waals surface area contributed by atoms with Gasteiger partial charge in [-0.25, -0.2) is 17.5 Å². The van der Waals surface area contributed by atoms with Gasteiger partial charge in [0.25, 0.3) is 10.0 Å². The zero-order chi connectivity index (χ0) is 17.0. The van der Waals surface area contributed by atoms with Gasteiger partial charge in [0.2, 0.25) is 0 Å². The molecule has 0 saturated heterocycles. The smallest absolute Gasteiger partial charge is 0.424 e. The van der Waals surface area contributed by atoms with Gasteiger partial charge in [-0.3, -0.25) is 0 Å². The molecule has 0 aliphatic heterocycles. The first-order valence-electron chi connectivity index (χ1n) is 7.01. The van der Waals surface area contributed by atoms with E-state index >= 15 is 0 Å². The van der Waals surface area contributed by atoms with Gasteiger partial charge in [0.15, 0.2) is 0 Å². The summed E-state index contributed by atoms with van der Waals surface area (Å²) in [6, 6.07) is 6.34. The molecule has 1 rings (SSSR count). The lowest BCUT2D eigenvalue weighted by Crippen LogP contribution is -2.41. The maximum Gasteiger partial charge on any atom is 0.424 e. The van der Waals surface area contributed by atoms with Crippen LogP contribution in [-0.2, 0) is 14.8 Å². The van der Waals surface area contributed by atoms with E-state index in [-0.39, 0.29) is 11.4 Å². The number of hydrogen-bond donors (Lipinski definition) is 0. The Bertz CT molecular complexity index is 627. The molecule has 0 aliphatic carbocycles. The van der Waals surface area contributed by atoms with Crippen molar-refractivity contribution >= 4 is 16.1 Å². The monoisotopic (exact) mass is 325 g/mol. The average Bonchev–Trinajstić information content (AvgIpc) is 2.37. The van der Waals surface area contributed by atoms with E-state index in [1.54, 1.807) is 39.0 Å². The van der Waals surface area contributed by atoms with Crippen LogP contribution in [0.4, 0.5) is 4.79 Å². The van der Waals surface area contributed by atoms with Crippen molar-refractivity contribution in [3.05, 3.63) is 42.5 Å². The molecule has 0 radical (unpaired) electrons. The van der Waals surface area contributed by atoms with E-state index < -0.39 is 21.7 Å². The van der Waals surface area contributed by atoms with Gasteiger partial charge in [-0.2, -0.15) is 0 Å². The van der Waals surface area contributed by atoms with E-state index in [0.717, 1.165) is 9.87 Å². The van der Waals surface area contributed by atoms with Gasteiger partial charge < -0.3 is 4.74 Å². The third kappa shape index (κ3) is 4.87. The summed E-state index contributed by atoms with van der Waals surface area (Å²) >= 11 is 0. The molecule has 0 bridgehead atoms. The molecule has 6 heteroatoms. The molecule has 1 amide bonds. The van der Waals surface area contributed by atoms with Crippen LogP contribution >= 0.6 is 0 Å². The lowest BCUT2D eigenvalue weighted by Gasteiger charge is -2.26. The van der Waals surface area contributed by atoms with Crippen LogP contribution in [0.15, 0.2) is 41.8 Å². The molecule has 1 aromatic carbocycles. The summed E-state index contributed by atoms with van der Waals surface area (Å²) < 4.78 is 31.3. The van der Waals surface area contributed by atoms with Crippen LogP contribution in [0.5, 0.6) is 0 Å². The molecule has 0 aliphatic rings. The number of amides is 1. The fourth-order valence-corrected chi connectivity index (χ4v) is 2.98. The summed E-state index contributed by atoms with van der Waals surface area (Å²) in [4.78, 5) is 12.3. The number of ether oxygens (including phenoxy) is 1. The first-order valence-corrected chi connectivity index (χ1v) is 8.45. The van der Waals surface area contributed by atoms with Crippen LogP contribution in [0.2, 0.25) is 0 Å². The molecule has 0 spiro atoms. The molecule has 0 atom stereocenters. The maximum absolute atomic E-state index is 12.7. The number of carbonyl (C=O) groups excluding carboxylic acids is 1. The molecule has 1 aromatic rings. The Morgan fingerprint density at radius 1 is 1.27 bits per heavy atom. The van der Waals surface area contributed by atoms with Gasteiger partial charge in [-0.15, -0.1) is 6.58 Å². The fraction of sp³-hybridized carbons (Fsp3) is 0.438. The third-order valence-corrected chi connectivity index (χ3v) is 4.52. The molecule has 0 saturated carbocycles. The van der Waals surface area contributed by atoms with Crippen LogP contribution in [0.3, 0.4) is 0 Å². The summed E-state index contributed by atoms with van der Waals surface area (Å²) in [5.74, 6) is 0. The highest BCUT2D eigenvalue weighted by molar-refractivity contribution is 7.89. The SMILES string of the molecule is C=CCCN(C(=O)OC(C)(C)C)S(=O)(=O)c1ccc(C)cc1. The second-order valence-electron chi connectivity index (χ2n) is 5.95. The Morgan fingerprint density at radius 2 is 1.82 bits per heavy atom. The van der Waals surface area contributed by atoms with Crippen molar-refractivity contribution in [1.29, 1.82) is 0 Å². The van der Waals surface area contributed by atoms with E-state index in [0.29, 0.717) is 6.42 Å². The molecule has 0 N–H and O–H groups in total. The van der Waals surface area contributed by atoms with Crippen LogP contribution < -0.4 is 0 Å². The number of nitrogens with zero attached hydrogens (tertiary/aromatic N) is 1. The number of benzene rings is 1. The zero-order valence-corrected chi connectivity index (χ0v) is 14.3. The molecule has 0 heterocycles. The highest BCUT2D eigenvalue weighted by Crippen LogP contribution is 2.20. The lowest BCUT2D eigenvalue weighted by atomic mass is 10.2. The van der Waals surface area contributed by atoms with E-state index in [4.69, 9.17) is 4.74 Å². The Balaban J connectivity index is 3.16. The topological polar surface area (TPSA) is 63.7 Å².